The lowest BCUT2D eigenvalue weighted by molar-refractivity contribution is 0.145. The van der Waals surface area contributed by atoms with E-state index in [1.807, 2.05) is 170 Å². The van der Waals surface area contributed by atoms with Gasteiger partial charge in [-0.1, -0.05) is 169 Å². The first kappa shape index (κ1) is 30.0. The molecule has 0 aliphatic heterocycles. The SMILES string of the molecule is OC(C#Cc1ccccc1N=Nc1ccccc1C#CC(O)(c1ccccc1)c1ccccc1)(c1ccccc1)c1ccccc1. The second kappa shape index (κ2) is 13.7. The van der Waals surface area contributed by atoms with Gasteiger partial charge in [0, 0.05) is 22.3 Å². The van der Waals surface area contributed by atoms with Gasteiger partial charge in [0.05, 0.1) is 11.1 Å². The monoisotopic (exact) mass is 594 g/mol. The van der Waals surface area contributed by atoms with Gasteiger partial charge < -0.3 is 10.2 Å². The van der Waals surface area contributed by atoms with Crippen molar-refractivity contribution in [2.45, 2.75) is 11.2 Å². The van der Waals surface area contributed by atoms with Gasteiger partial charge in [-0.3, -0.25) is 0 Å². The summed E-state index contributed by atoms with van der Waals surface area (Å²) in [6.45, 7) is 0. The zero-order valence-corrected chi connectivity index (χ0v) is 25.0. The van der Waals surface area contributed by atoms with Crippen LogP contribution in [0, 0.1) is 23.7 Å². The normalized spacial score (nSPS) is 11.3. The summed E-state index contributed by atoms with van der Waals surface area (Å²) in [4.78, 5) is 0. The molecule has 0 aliphatic carbocycles. The lowest BCUT2D eigenvalue weighted by Gasteiger charge is -2.23. The average Bonchev–Trinajstić information content (AvgIpc) is 3.14. The van der Waals surface area contributed by atoms with Crippen LogP contribution in [-0.2, 0) is 11.2 Å². The molecule has 0 spiro atoms. The average molecular weight is 595 g/mol. The Kier molecular flexibility index (Phi) is 8.95. The first-order chi connectivity index (χ1) is 22.6. The molecule has 2 N–H and O–H groups in total. The van der Waals surface area contributed by atoms with E-state index in [2.05, 4.69) is 33.9 Å². The van der Waals surface area contributed by atoms with Crippen LogP contribution in [0.15, 0.2) is 180 Å². The van der Waals surface area contributed by atoms with E-state index in [-0.39, 0.29) is 0 Å². The van der Waals surface area contributed by atoms with Crippen LogP contribution in [-0.4, -0.2) is 10.2 Å². The second-order valence-corrected chi connectivity index (χ2v) is 10.6. The molecule has 0 heterocycles. The molecule has 0 radical (unpaired) electrons. The highest BCUT2D eigenvalue weighted by Gasteiger charge is 2.30. The van der Waals surface area contributed by atoms with E-state index < -0.39 is 11.2 Å². The molecule has 0 bridgehead atoms. The Morgan fingerprint density at radius 1 is 0.348 bits per heavy atom. The number of benzene rings is 6. The fraction of sp³-hybridized carbons (Fsp3) is 0.0476. The Morgan fingerprint density at radius 3 is 0.913 bits per heavy atom. The Hall–Kier alpha value is -6.04. The van der Waals surface area contributed by atoms with E-state index in [1.165, 1.54) is 0 Å². The minimum Gasteiger partial charge on any atom is -0.369 e. The number of rotatable bonds is 6. The molecule has 0 aliphatic rings. The van der Waals surface area contributed by atoms with Crippen LogP contribution in [0.5, 0.6) is 0 Å². The van der Waals surface area contributed by atoms with Crippen LogP contribution in [0.1, 0.15) is 33.4 Å². The Bertz CT molecular complexity index is 1840. The third-order valence-electron chi connectivity index (χ3n) is 7.60. The van der Waals surface area contributed by atoms with Crippen molar-refractivity contribution in [3.63, 3.8) is 0 Å². The number of hydrogen-bond acceptors (Lipinski definition) is 4. The maximum Gasteiger partial charge on any atom is 0.177 e. The zero-order chi connectivity index (χ0) is 31.7. The highest BCUT2D eigenvalue weighted by Crippen LogP contribution is 2.31. The fourth-order valence-corrected chi connectivity index (χ4v) is 5.10. The molecule has 4 heteroatoms. The van der Waals surface area contributed by atoms with Crippen molar-refractivity contribution in [3.8, 4) is 23.7 Å². The van der Waals surface area contributed by atoms with Crippen LogP contribution in [0.25, 0.3) is 0 Å². The molecule has 46 heavy (non-hydrogen) atoms. The van der Waals surface area contributed by atoms with Crippen LogP contribution in [0.2, 0.25) is 0 Å². The van der Waals surface area contributed by atoms with E-state index in [1.54, 1.807) is 0 Å². The van der Waals surface area contributed by atoms with Crippen LogP contribution >= 0.6 is 0 Å². The standard InChI is InChI=1S/C42H30N2O2/c45-41(35-19-5-1-6-20-35,36-21-7-2-8-22-36)31-29-33-17-13-15-27-39(33)43-44-40-28-16-14-18-34(40)30-32-42(46,37-23-9-3-10-24-37)38-25-11-4-12-26-38/h1-28,45-46H. The molecule has 4 nitrogen and oxygen atoms in total. The fourth-order valence-electron chi connectivity index (χ4n) is 5.10. The van der Waals surface area contributed by atoms with Crippen molar-refractivity contribution in [2.75, 3.05) is 0 Å². The molecule has 0 atom stereocenters. The molecule has 0 saturated carbocycles. The summed E-state index contributed by atoms with van der Waals surface area (Å²) in [5, 5.41) is 32.9. The molecular formula is C42H30N2O2. The van der Waals surface area contributed by atoms with Gasteiger partial charge >= 0.3 is 0 Å². The Balaban J connectivity index is 1.36. The molecule has 0 unspecified atom stereocenters. The summed E-state index contributed by atoms with van der Waals surface area (Å²) in [6, 6.07) is 52.4. The summed E-state index contributed by atoms with van der Waals surface area (Å²) in [7, 11) is 0. The van der Waals surface area contributed by atoms with Crippen molar-refractivity contribution in [1.29, 1.82) is 0 Å². The lowest BCUT2D eigenvalue weighted by Crippen LogP contribution is -2.25. The number of hydrogen-bond donors (Lipinski definition) is 2. The first-order valence-corrected chi connectivity index (χ1v) is 14.9. The number of nitrogens with zero attached hydrogens (tertiary/aromatic N) is 2. The predicted octanol–water partition coefficient (Wildman–Crippen LogP) is 8.68. The molecule has 6 aromatic carbocycles. The Morgan fingerprint density at radius 2 is 0.609 bits per heavy atom. The van der Waals surface area contributed by atoms with E-state index in [9.17, 15) is 10.2 Å². The van der Waals surface area contributed by atoms with E-state index in [0.29, 0.717) is 44.8 Å². The van der Waals surface area contributed by atoms with Crippen LogP contribution in [0.3, 0.4) is 0 Å². The van der Waals surface area contributed by atoms with E-state index >= 15 is 0 Å². The van der Waals surface area contributed by atoms with Gasteiger partial charge in [0.1, 0.15) is 11.4 Å². The van der Waals surface area contributed by atoms with Gasteiger partial charge in [0.15, 0.2) is 11.2 Å². The number of azo groups is 1. The van der Waals surface area contributed by atoms with Crippen molar-refractivity contribution in [2.24, 2.45) is 10.2 Å². The second-order valence-electron chi connectivity index (χ2n) is 10.6. The van der Waals surface area contributed by atoms with E-state index in [0.717, 1.165) is 0 Å². The van der Waals surface area contributed by atoms with Gasteiger partial charge in [0.25, 0.3) is 0 Å². The summed E-state index contributed by atoms with van der Waals surface area (Å²) < 4.78 is 0. The zero-order valence-electron chi connectivity index (χ0n) is 25.0. The van der Waals surface area contributed by atoms with Crippen molar-refractivity contribution in [1.82, 2.24) is 0 Å². The third kappa shape index (κ3) is 6.55. The Labute approximate surface area is 269 Å². The van der Waals surface area contributed by atoms with Crippen molar-refractivity contribution < 1.29 is 10.2 Å². The summed E-state index contributed by atoms with van der Waals surface area (Å²) in [5.74, 6) is 12.6. The summed E-state index contributed by atoms with van der Waals surface area (Å²) >= 11 is 0. The molecule has 0 aromatic heterocycles. The molecule has 6 aromatic rings. The van der Waals surface area contributed by atoms with Gasteiger partial charge in [0.2, 0.25) is 0 Å². The molecule has 0 saturated heterocycles. The van der Waals surface area contributed by atoms with Crippen LogP contribution in [0.4, 0.5) is 11.4 Å². The number of aliphatic hydroxyl groups is 2. The smallest absolute Gasteiger partial charge is 0.177 e. The maximum atomic E-state index is 11.9. The molecule has 0 fully saturated rings. The van der Waals surface area contributed by atoms with E-state index in [4.69, 9.17) is 0 Å². The van der Waals surface area contributed by atoms with Gasteiger partial charge in [-0.05, 0) is 24.3 Å². The predicted molar refractivity (Wildman–Crippen MR) is 183 cm³/mol. The molecule has 0 amide bonds. The highest BCUT2D eigenvalue weighted by atomic mass is 16.3. The minimum atomic E-state index is -1.52. The lowest BCUT2D eigenvalue weighted by atomic mass is 9.86. The minimum absolute atomic E-state index is 0.548. The highest BCUT2D eigenvalue weighted by molar-refractivity contribution is 5.60. The molecule has 220 valence electrons. The molecule has 6 rings (SSSR count). The van der Waals surface area contributed by atoms with Crippen molar-refractivity contribution >= 4 is 11.4 Å². The third-order valence-corrected chi connectivity index (χ3v) is 7.60. The van der Waals surface area contributed by atoms with Gasteiger partial charge in [-0.25, -0.2) is 0 Å². The quantitative estimate of drug-likeness (QED) is 0.150. The van der Waals surface area contributed by atoms with Gasteiger partial charge in [-0.15, -0.1) is 10.2 Å². The summed E-state index contributed by atoms with van der Waals surface area (Å²) in [6.07, 6.45) is 0. The summed E-state index contributed by atoms with van der Waals surface area (Å²) in [5.41, 5.74) is 1.96. The largest absolute Gasteiger partial charge is 0.369 e. The molecular weight excluding hydrogens is 564 g/mol. The first-order valence-electron chi connectivity index (χ1n) is 14.9. The topological polar surface area (TPSA) is 65.2 Å². The maximum absolute atomic E-state index is 11.9. The van der Waals surface area contributed by atoms with Gasteiger partial charge in [-0.2, -0.15) is 0 Å². The van der Waals surface area contributed by atoms with Crippen LogP contribution < -0.4 is 0 Å². The van der Waals surface area contributed by atoms with Crippen molar-refractivity contribution in [3.05, 3.63) is 203 Å².